The first-order valence-electron chi connectivity index (χ1n) is 8.10. The molecule has 1 aliphatic carbocycles. The van der Waals surface area contributed by atoms with Crippen LogP contribution < -0.4 is 10.6 Å². The first kappa shape index (κ1) is 17.6. The van der Waals surface area contributed by atoms with Crippen LogP contribution >= 0.6 is 11.6 Å². The van der Waals surface area contributed by atoms with Crippen LogP contribution in [0.5, 0.6) is 0 Å². The van der Waals surface area contributed by atoms with Gasteiger partial charge in [0.25, 0.3) is 0 Å². The van der Waals surface area contributed by atoms with E-state index in [1.807, 2.05) is 0 Å². The molecule has 1 saturated carbocycles. The minimum absolute atomic E-state index is 0.0162. The normalized spacial score (nSPS) is 14.4. The van der Waals surface area contributed by atoms with Crippen molar-refractivity contribution in [1.29, 1.82) is 0 Å². The van der Waals surface area contributed by atoms with Crippen LogP contribution in [-0.4, -0.2) is 20.6 Å². The van der Waals surface area contributed by atoms with Gasteiger partial charge < -0.3 is 10.6 Å². The zero-order valence-corrected chi connectivity index (χ0v) is 14.5. The Morgan fingerprint density at radius 1 is 1.26 bits per heavy atom. The number of halogens is 4. The van der Waals surface area contributed by atoms with E-state index in [0.717, 1.165) is 36.2 Å². The summed E-state index contributed by atoms with van der Waals surface area (Å²) >= 11 is 6.25. The summed E-state index contributed by atoms with van der Waals surface area (Å²) in [6.07, 6.45) is 1.57. The van der Waals surface area contributed by atoms with Gasteiger partial charge in [-0.25, -0.2) is 9.31 Å². The lowest BCUT2D eigenvalue weighted by Gasteiger charge is -2.14. The highest BCUT2D eigenvalue weighted by molar-refractivity contribution is 6.34. The molecular weight excluding hydrogens is 383 g/mol. The van der Waals surface area contributed by atoms with Crippen molar-refractivity contribution in [2.75, 3.05) is 10.6 Å². The van der Waals surface area contributed by atoms with Gasteiger partial charge in [-0.2, -0.15) is 18.3 Å². The minimum atomic E-state index is -4.59. The second kappa shape index (κ2) is 6.41. The number of pyridine rings is 1. The smallest absolute Gasteiger partial charge is 0.308 e. The van der Waals surface area contributed by atoms with Crippen molar-refractivity contribution >= 4 is 34.5 Å². The molecule has 1 fully saturated rings. The summed E-state index contributed by atoms with van der Waals surface area (Å²) < 4.78 is 39.9. The fraction of sp³-hybridized carbons (Fsp3) is 0.235. The maximum absolute atomic E-state index is 12.7. The number of amides is 2. The van der Waals surface area contributed by atoms with Crippen LogP contribution in [0.4, 0.5) is 29.3 Å². The van der Waals surface area contributed by atoms with Crippen LogP contribution in [0.3, 0.4) is 0 Å². The van der Waals surface area contributed by atoms with Crippen molar-refractivity contribution in [3.8, 4) is 0 Å². The standard InChI is InChI=1S/C17H13ClF3N5O/c18-11-4-6-26-15(11)14(9-1-2-9)12(8-23-26)25-16(27)24-10-3-5-22-13(7-10)17(19,20)21/h3-9H,1-2H2,(H2,22,24,25,27). The quantitative estimate of drug-likeness (QED) is 0.661. The van der Waals surface area contributed by atoms with E-state index in [2.05, 4.69) is 20.7 Å². The number of fused-ring (bicyclic) bond motifs is 1. The molecule has 0 aliphatic heterocycles. The lowest BCUT2D eigenvalue weighted by Crippen LogP contribution is -2.21. The molecule has 1 aliphatic rings. The van der Waals surface area contributed by atoms with Crippen LogP contribution in [0.1, 0.15) is 30.0 Å². The van der Waals surface area contributed by atoms with Crippen LogP contribution in [0, 0.1) is 0 Å². The summed E-state index contributed by atoms with van der Waals surface area (Å²) in [4.78, 5) is 15.6. The summed E-state index contributed by atoms with van der Waals surface area (Å²) in [5, 5.41) is 9.79. The molecular formula is C17H13ClF3N5O. The lowest BCUT2D eigenvalue weighted by molar-refractivity contribution is -0.141. The Morgan fingerprint density at radius 3 is 2.74 bits per heavy atom. The molecule has 0 aromatic carbocycles. The van der Waals surface area contributed by atoms with Gasteiger partial charge in [-0.15, -0.1) is 0 Å². The zero-order valence-electron chi connectivity index (χ0n) is 13.7. The SMILES string of the molecule is O=C(Nc1ccnc(C(F)(F)F)c1)Nc1cnn2ccc(Cl)c2c1C1CC1. The maximum atomic E-state index is 12.7. The number of hydrogen-bond acceptors (Lipinski definition) is 3. The van der Waals surface area contributed by atoms with Crippen molar-refractivity contribution in [3.05, 3.63) is 53.1 Å². The number of nitrogens with one attached hydrogen (secondary N) is 2. The highest BCUT2D eigenvalue weighted by Crippen LogP contribution is 2.46. The van der Waals surface area contributed by atoms with E-state index in [-0.39, 0.29) is 11.6 Å². The van der Waals surface area contributed by atoms with E-state index in [4.69, 9.17) is 11.6 Å². The van der Waals surface area contributed by atoms with Crippen molar-refractivity contribution in [2.45, 2.75) is 24.9 Å². The fourth-order valence-corrected chi connectivity index (χ4v) is 3.14. The van der Waals surface area contributed by atoms with Crippen LogP contribution in [-0.2, 0) is 6.18 Å². The van der Waals surface area contributed by atoms with E-state index in [0.29, 0.717) is 10.7 Å². The number of alkyl halides is 3. The minimum Gasteiger partial charge on any atom is -0.308 e. The molecule has 10 heteroatoms. The van der Waals surface area contributed by atoms with Gasteiger partial charge in [-0.3, -0.25) is 4.98 Å². The Hall–Kier alpha value is -2.81. The maximum Gasteiger partial charge on any atom is 0.433 e. The average Bonchev–Trinajstić information content (AvgIpc) is 3.38. The Kier molecular flexibility index (Phi) is 4.18. The molecule has 0 unspecified atom stereocenters. The van der Waals surface area contributed by atoms with Gasteiger partial charge in [0.15, 0.2) is 0 Å². The number of anilines is 2. The summed E-state index contributed by atoms with van der Waals surface area (Å²) in [6, 6.07) is 3.09. The summed E-state index contributed by atoms with van der Waals surface area (Å²) in [6.45, 7) is 0. The van der Waals surface area contributed by atoms with Gasteiger partial charge >= 0.3 is 12.2 Å². The van der Waals surface area contributed by atoms with Gasteiger partial charge in [0.2, 0.25) is 0 Å². The van der Waals surface area contributed by atoms with Crippen molar-refractivity contribution < 1.29 is 18.0 Å². The third kappa shape index (κ3) is 3.55. The summed E-state index contributed by atoms with van der Waals surface area (Å²) in [5.74, 6) is 0.260. The third-order valence-electron chi connectivity index (χ3n) is 4.22. The lowest BCUT2D eigenvalue weighted by atomic mass is 10.1. The Bertz CT molecular complexity index is 1030. The molecule has 6 nitrogen and oxygen atoms in total. The highest BCUT2D eigenvalue weighted by atomic mass is 35.5. The summed E-state index contributed by atoms with van der Waals surface area (Å²) in [5.41, 5.74) is 0.980. The molecule has 0 bridgehead atoms. The first-order valence-corrected chi connectivity index (χ1v) is 8.48. The predicted octanol–water partition coefficient (Wildman–Crippen LogP) is 4.92. The monoisotopic (exact) mass is 395 g/mol. The largest absolute Gasteiger partial charge is 0.433 e. The van der Waals surface area contributed by atoms with Crippen LogP contribution in [0.15, 0.2) is 36.8 Å². The predicted molar refractivity (Wildman–Crippen MR) is 94.1 cm³/mol. The van der Waals surface area contributed by atoms with Crippen LogP contribution in [0.25, 0.3) is 5.52 Å². The Morgan fingerprint density at radius 2 is 2.04 bits per heavy atom. The number of carbonyl (C=O) groups excluding carboxylic acids is 1. The Labute approximate surface area is 156 Å². The molecule has 4 rings (SSSR count). The van der Waals surface area contributed by atoms with Gasteiger partial charge in [0, 0.05) is 23.6 Å². The molecule has 3 heterocycles. The van der Waals surface area contributed by atoms with Crippen molar-refractivity contribution in [2.24, 2.45) is 0 Å². The van der Waals surface area contributed by atoms with Gasteiger partial charge in [-0.05, 0) is 37.0 Å². The van der Waals surface area contributed by atoms with Gasteiger partial charge in [0.1, 0.15) is 5.69 Å². The first-order chi connectivity index (χ1) is 12.8. The molecule has 2 amide bonds. The second-order valence-corrected chi connectivity index (χ2v) is 6.62. The third-order valence-corrected chi connectivity index (χ3v) is 4.52. The number of nitrogens with zero attached hydrogens (tertiary/aromatic N) is 3. The van der Waals surface area contributed by atoms with E-state index in [9.17, 15) is 18.0 Å². The Balaban J connectivity index is 1.59. The van der Waals surface area contributed by atoms with E-state index < -0.39 is 17.9 Å². The summed E-state index contributed by atoms with van der Waals surface area (Å²) in [7, 11) is 0. The number of carbonyl (C=O) groups is 1. The average molecular weight is 396 g/mol. The molecule has 3 aromatic heterocycles. The highest BCUT2D eigenvalue weighted by Gasteiger charge is 2.33. The molecule has 0 radical (unpaired) electrons. The number of hydrogen-bond donors (Lipinski definition) is 2. The van der Waals surface area contributed by atoms with E-state index >= 15 is 0 Å². The molecule has 2 N–H and O–H groups in total. The second-order valence-electron chi connectivity index (χ2n) is 6.21. The zero-order chi connectivity index (χ0) is 19.2. The number of rotatable bonds is 3. The molecule has 140 valence electrons. The van der Waals surface area contributed by atoms with Crippen LogP contribution in [0.2, 0.25) is 5.02 Å². The van der Waals surface area contributed by atoms with Gasteiger partial charge in [0.05, 0.1) is 22.4 Å². The van der Waals surface area contributed by atoms with Gasteiger partial charge in [-0.1, -0.05) is 11.6 Å². The van der Waals surface area contributed by atoms with E-state index in [1.165, 1.54) is 12.3 Å². The topological polar surface area (TPSA) is 71.3 Å². The van der Waals surface area contributed by atoms with Crippen molar-refractivity contribution in [1.82, 2.24) is 14.6 Å². The molecule has 27 heavy (non-hydrogen) atoms. The van der Waals surface area contributed by atoms with E-state index in [1.54, 1.807) is 16.8 Å². The number of aromatic nitrogens is 3. The molecule has 0 atom stereocenters. The molecule has 3 aromatic rings. The molecule has 0 spiro atoms. The molecule has 0 saturated heterocycles. The van der Waals surface area contributed by atoms with Crippen molar-refractivity contribution in [3.63, 3.8) is 0 Å². The fourth-order valence-electron chi connectivity index (χ4n) is 2.90. The number of urea groups is 1.